The van der Waals surface area contributed by atoms with Crippen LogP contribution in [0, 0.1) is 10.1 Å². The fraction of sp³-hybridized carbons (Fsp3) is 0.267. The van der Waals surface area contributed by atoms with E-state index in [0.29, 0.717) is 5.95 Å². The number of amides is 1. The maximum atomic E-state index is 12.5. The maximum absolute atomic E-state index is 12.5. The molecule has 1 unspecified atom stereocenters. The van der Waals surface area contributed by atoms with E-state index in [1.54, 1.807) is 18.5 Å². The lowest BCUT2D eigenvalue weighted by Gasteiger charge is -2.11. The molecule has 0 aliphatic carbocycles. The van der Waals surface area contributed by atoms with E-state index in [1.165, 1.54) is 11.8 Å². The van der Waals surface area contributed by atoms with Crippen LogP contribution in [0.25, 0.3) is 11.0 Å². The van der Waals surface area contributed by atoms with Gasteiger partial charge in [0.05, 0.1) is 23.1 Å². The molecule has 0 aliphatic rings. The van der Waals surface area contributed by atoms with E-state index < -0.39 is 16.9 Å². The van der Waals surface area contributed by atoms with Crippen molar-refractivity contribution in [1.29, 1.82) is 0 Å². The molecule has 25 heavy (non-hydrogen) atoms. The van der Waals surface area contributed by atoms with Gasteiger partial charge in [0.25, 0.3) is 5.91 Å². The molecule has 1 aromatic carbocycles. The number of aromatic nitrogens is 4. The zero-order valence-corrected chi connectivity index (χ0v) is 13.8. The number of ether oxygens (including phenoxy) is 1. The van der Waals surface area contributed by atoms with Crippen LogP contribution >= 0.6 is 0 Å². The number of hydrogen-bond donors (Lipinski definition) is 1. The van der Waals surface area contributed by atoms with Gasteiger partial charge in [-0.3, -0.25) is 20.2 Å². The summed E-state index contributed by atoms with van der Waals surface area (Å²) in [6, 6.07) is 6.69. The maximum Gasteiger partial charge on any atom is 0.350 e. The van der Waals surface area contributed by atoms with Crippen molar-refractivity contribution in [3.63, 3.8) is 0 Å². The monoisotopic (exact) mass is 344 g/mol. The van der Waals surface area contributed by atoms with Crippen molar-refractivity contribution in [2.24, 2.45) is 7.05 Å². The third kappa shape index (κ3) is 2.89. The number of anilines is 1. The molecule has 2 aromatic heterocycles. The molecule has 2 heterocycles. The first-order chi connectivity index (χ1) is 11.9. The Kier molecular flexibility index (Phi) is 4.09. The first-order valence-corrected chi connectivity index (χ1v) is 7.42. The molecule has 3 aromatic rings. The summed E-state index contributed by atoms with van der Waals surface area (Å²) >= 11 is 0. The number of carbonyl (C=O) groups is 1. The Labute approximate surface area is 142 Å². The molecule has 0 fully saturated rings. The van der Waals surface area contributed by atoms with Gasteiger partial charge in [-0.1, -0.05) is 12.1 Å². The fourth-order valence-electron chi connectivity index (χ4n) is 2.43. The number of aryl methyl sites for hydroxylation is 1. The highest BCUT2D eigenvalue weighted by atomic mass is 16.6. The number of fused-ring (bicyclic) bond motifs is 1. The number of nitrogens with one attached hydrogen (secondary N) is 1. The lowest BCUT2D eigenvalue weighted by atomic mass is 10.3. The topological polar surface area (TPSA) is 117 Å². The summed E-state index contributed by atoms with van der Waals surface area (Å²) in [5.41, 5.74) is 1.33. The van der Waals surface area contributed by atoms with Crippen LogP contribution in [-0.4, -0.2) is 37.3 Å². The molecular formula is C15H16N6O4. The molecule has 3 rings (SSSR count). The second-order valence-corrected chi connectivity index (χ2v) is 5.41. The first-order valence-electron chi connectivity index (χ1n) is 7.42. The summed E-state index contributed by atoms with van der Waals surface area (Å²) in [5.74, 6) is -0.169. The van der Waals surface area contributed by atoms with Gasteiger partial charge >= 0.3 is 11.6 Å². The molecular weight excluding hydrogens is 328 g/mol. The molecule has 1 amide bonds. The van der Waals surface area contributed by atoms with Gasteiger partial charge < -0.3 is 9.30 Å². The molecule has 130 valence electrons. The minimum atomic E-state index is -0.789. The highest BCUT2D eigenvalue weighted by Gasteiger charge is 2.26. The van der Waals surface area contributed by atoms with Crippen molar-refractivity contribution in [2.45, 2.75) is 13.0 Å². The van der Waals surface area contributed by atoms with E-state index >= 15 is 0 Å². The number of rotatable bonds is 5. The van der Waals surface area contributed by atoms with E-state index in [2.05, 4.69) is 15.4 Å². The summed E-state index contributed by atoms with van der Waals surface area (Å²) in [4.78, 5) is 27.2. The number of hydrogen-bond acceptors (Lipinski definition) is 6. The zero-order chi connectivity index (χ0) is 18.1. The van der Waals surface area contributed by atoms with Gasteiger partial charge in [-0.25, -0.2) is 9.67 Å². The van der Waals surface area contributed by atoms with Crippen molar-refractivity contribution >= 4 is 28.6 Å². The minimum absolute atomic E-state index is 0.146. The number of nitrogens with zero attached hydrogens (tertiary/aromatic N) is 5. The predicted octanol–water partition coefficient (Wildman–Crippen LogP) is 1.89. The number of nitro groups is 1. The largest absolute Gasteiger partial charge is 0.475 e. The fourth-order valence-corrected chi connectivity index (χ4v) is 2.43. The SMILES string of the molecule is COc1nn(C(C)C(=O)Nc2nc3ccccc3n2C)cc1[N+](=O)[O-]. The van der Waals surface area contributed by atoms with Crippen molar-refractivity contribution in [3.05, 3.63) is 40.6 Å². The molecule has 0 radical (unpaired) electrons. The Bertz CT molecular complexity index is 960. The standard InChI is InChI=1S/C15H16N6O4/c1-9(20-8-12(21(23)24)14(18-20)25-3)13(22)17-15-16-10-6-4-5-7-11(10)19(15)2/h4-9H,1-3H3,(H,16,17,22). The van der Waals surface area contributed by atoms with Crippen LogP contribution < -0.4 is 10.1 Å². The van der Waals surface area contributed by atoms with Crippen molar-refractivity contribution in [1.82, 2.24) is 19.3 Å². The molecule has 0 saturated carbocycles. The van der Waals surface area contributed by atoms with E-state index in [4.69, 9.17) is 4.74 Å². The van der Waals surface area contributed by atoms with Gasteiger partial charge in [-0.15, -0.1) is 5.10 Å². The average Bonchev–Trinajstić information content (AvgIpc) is 3.17. The average molecular weight is 344 g/mol. The van der Waals surface area contributed by atoms with E-state index in [1.807, 2.05) is 24.3 Å². The number of imidazole rings is 1. The number of para-hydroxylation sites is 2. The summed E-state index contributed by atoms with van der Waals surface area (Å²) < 4.78 is 7.82. The Balaban J connectivity index is 1.85. The van der Waals surface area contributed by atoms with Crippen LogP contribution in [-0.2, 0) is 11.8 Å². The van der Waals surface area contributed by atoms with E-state index in [-0.39, 0.29) is 11.6 Å². The van der Waals surface area contributed by atoms with Gasteiger partial charge in [0, 0.05) is 7.05 Å². The molecule has 0 aliphatic heterocycles. The van der Waals surface area contributed by atoms with Crippen LogP contribution in [0.3, 0.4) is 0 Å². The number of carbonyl (C=O) groups excluding carboxylic acids is 1. The van der Waals surface area contributed by atoms with Gasteiger partial charge in [0.2, 0.25) is 5.95 Å². The van der Waals surface area contributed by atoms with E-state index in [9.17, 15) is 14.9 Å². The molecule has 0 bridgehead atoms. The summed E-state index contributed by atoms with van der Waals surface area (Å²) in [6.07, 6.45) is 1.16. The van der Waals surface area contributed by atoms with Gasteiger partial charge in [0.15, 0.2) is 0 Å². The molecule has 1 N–H and O–H groups in total. The molecule has 10 nitrogen and oxygen atoms in total. The van der Waals surface area contributed by atoms with Gasteiger partial charge in [-0.2, -0.15) is 0 Å². The molecule has 10 heteroatoms. The lowest BCUT2D eigenvalue weighted by Crippen LogP contribution is -2.25. The first kappa shape index (κ1) is 16.4. The van der Waals surface area contributed by atoms with Crippen molar-refractivity contribution in [2.75, 3.05) is 12.4 Å². The normalized spacial score (nSPS) is 12.1. The Hall–Kier alpha value is -3.43. The second kappa shape index (κ2) is 6.23. The van der Waals surface area contributed by atoms with Crippen LogP contribution in [0.5, 0.6) is 5.88 Å². The van der Waals surface area contributed by atoms with Crippen LogP contribution in [0.15, 0.2) is 30.5 Å². The third-order valence-electron chi connectivity index (χ3n) is 3.87. The Morgan fingerprint density at radius 3 is 2.72 bits per heavy atom. The molecule has 0 spiro atoms. The van der Waals surface area contributed by atoms with E-state index in [0.717, 1.165) is 17.2 Å². The summed E-state index contributed by atoms with van der Waals surface area (Å²) in [6.45, 7) is 1.58. The smallest absolute Gasteiger partial charge is 0.350 e. The van der Waals surface area contributed by atoms with Gasteiger partial charge in [-0.05, 0) is 19.1 Å². The van der Waals surface area contributed by atoms with Crippen molar-refractivity contribution < 1.29 is 14.5 Å². The van der Waals surface area contributed by atoms with Crippen molar-refractivity contribution in [3.8, 4) is 5.88 Å². The zero-order valence-electron chi connectivity index (χ0n) is 13.8. The quantitative estimate of drug-likeness (QED) is 0.558. The number of benzene rings is 1. The summed E-state index contributed by atoms with van der Waals surface area (Å²) in [7, 11) is 3.07. The summed E-state index contributed by atoms with van der Waals surface area (Å²) in [5, 5.41) is 17.6. The third-order valence-corrected chi connectivity index (χ3v) is 3.87. The Morgan fingerprint density at radius 2 is 2.12 bits per heavy atom. The highest BCUT2D eigenvalue weighted by Crippen LogP contribution is 2.26. The lowest BCUT2D eigenvalue weighted by molar-refractivity contribution is -0.385. The van der Waals surface area contributed by atoms with Gasteiger partial charge in [0.1, 0.15) is 12.2 Å². The minimum Gasteiger partial charge on any atom is -0.475 e. The number of methoxy groups -OCH3 is 1. The molecule has 1 atom stereocenters. The second-order valence-electron chi connectivity index (χ2n) is 5.41. The van der Waals surface area contributed by atoms with Crippen LogP contribution in [0.1, 0.15) is 13.0 Å². The molecule has 0 saturated heterocycles. The Morgan fingerprint density at radius 1 is 1.40 bits per heavy atom. The van der Waals surface area contributed by atoms with Crippen LogP contribution in [0.4, 0.5) is 11.6 Å². The highest BCUT2D eigenvalue weighted by molar-refractivity contribution is 5.93. The van der Waals surface area contributed by atoms with Crippen LogP contribution in [0.2, 0.25) is 0 Å². The predicted molar refractivity (Wildman–Crippen MR) is 89.5 cm³/mol.